The highest BCUT2D eigenvalue weighted by Crippen LogP contribution is 2.17. The van der Waals surface area contributed by atoms with Crippen LogP contribution in [0.2, 0.25) is 5.02 Å². The lowest BCUT2D eigenvalue weighted by Gasteiger charge is -2.00. The van der Waals surface area contributed by atoms with Crippen molar-refractivity contribution >= 4 is 17.4 Å². The predicted molar refractivity (Wildman–Crippen MR) is 50.7 cm³/mol. The van der Waals surface area contributed by atoms with E-state index in [-0.39, 0.29) is 12.2 Å². The van der Waals surface area contributed by atoms with E-state index in [4.69, 9.17) is 16.9 Å². The summed E-state index contributed by atoms with van der Waals surface area (Å²) in [5.74, 6) is -0.190. The minimum Gasteiger partial charge on any atom is -0.293 e. The van der Waals surface area contributed by atoms with Crippen molar-refractivity contribution < 1.29 is 4.79 Å². The third kappa shape index (κ3) is 2.30. The quantitative estimate of drug-likeness (QED) is 0.678. The van der Waals surface area contributed by atoms with Gasteiger partial charge in [0.25, 0.3) is 0 Å². The predicted octanol–water partition coefficient (Wildman–Crippen LogP) is 2.74. The van der Waals surface area contributed by atoms with Crippen LogP contribution in [0.3, 0.4) is 0 Å². The van der Waals surface area contributed by atoms with Gasteiger partial charge < -0.3 is 0 Å². The number of halogens is 1. The topological polar surface area (TPSA) is 40.9 Å². The minimum atomic E-state index is -0.190. The number of carbonyl (C=O) groups excluding carboxylic acids is 1. The Morgan fingerprint density at radius 1 is 1.62 bits per heavy atom. The van der Waals surface area contributed by atoms with Gasteiger partial charge in [-0.2, -0.15) is 5.26 Å². The van der Waals surface area contributed by atoms with E-state index in [0.717, 1.165) is 5.56 Å². The summed E-state index contributed by atoms with van der Waals surface area (Å²) in [6.07, 6.45) is -0.0978. The Morgan fingerprint density at radius 2 is 2.31 bits per heavy atom. The second-order valence-electron chi connectivity index (χ2n) is 2.72. The number of hydrogen-bond donors (Lipinski definition) is 0. The van der Waals surface area contributed by atoms with Gasteiger partial charge in [0.2, 0.25) is 0 Å². The molecule has 0 aliphatic heterocycles. The summed E-state index contributed by atoms with van der Waals surface area (Å²) in [6.45, 7) is 1.86. The van der Waals surface area contributed by atoms with Crippen LogP contribution < -0.4 is 0 Å². The molecule has 0 saturated heterocycles. The van der Waals surface area contributed by atoms with E-state index < -0.39 is 0 Å². The molecular formula is C10H8ClNO. The molecule has 0 fully saturated rings. The second-order valence-corrected chi connectivity index (χ2v) is 3.13. The molecule has 0 aliphatic carbocycles. The van der Waals surface area contributed by atoms with E-state index in [1.807, 2.05) is 13.0 Å². The van der Waals surface area contributed by atoms with Crippen molar-refractivity contribution in [1.29, 1.82) is 5.26 Å². The van der Waals surface area contributed by atoms with E-state index in [1.165, 1.54) is 0 Å². The molecule has 66 valence electrons. The fourth-order valence-corrected chi connectivity index (χ4v) is 1.12. The minimum absolute atomic E-state index is 0.0978. The molecule has 0 heterocycles. The Morgan fingerprint density at radius 3 is 2.85 bits per heavy atom. The number of carbonyl (C=O) groups is 1. The Balaban J connectivity index is 2.98. The molecule has 0 amide bonds. The van der Waals surface area contributed by atoms with Gasteiger partial charge in [-0.1, -0.05) is 23.7 Å². The molecule has 0 atom stereocenters. The molecule has 13 heavy (non-hydrogen) atoms. The van der Waals surface area contributed by atoms with Crippen LogP contribution in [-0.2, 0) is 0 Å². The van der Waals surface area contributed by atoms with Crippen molar-refractivity contribution in [2.75, 3.05) is 0 Å². The molecule has 0 aliphatic rings. The molecule has 2 nitrogen and oxygen atoms in total. The van der Waals surface area contributed by atoms with Crippen LogP contribution >= 0.6 is 11.6 Å². The van der Waals surface area contributed by atoms with Crippen molar-refractivity contribution in [3.63, 3.8) is 0 Å². The molecule has 0 radical (unpaired) electrons. The first kappa shape index (κ1) is 9.76. The van der Waals surface area contributed by atoms with Gasteiger partial charge in [-0.3, -0.25) is 4.79 Å². The number of benzene rings is 1. The average Bonchev–Trinajstić information content (AvgIpc) is 2.10. The Kier molecular flexibility index (Phi) is 3.05. The van der Waals surface area contributed by atoms with Crippen molar-refractivity contribution in [2.24, 2.45) is 0 Å². The SMILES string of the molecule is Cc1ccc(C(=O)CC#N)cc1Cl. The van der Waals surface area contributed by atoms with Crippen molar-refractivity contribution in [1.82, 2.24) is 0 Å². The molecule has 0 saturated carbocycles. The van der Waals surface area contributed by atoms with E-state index in [1.54, 1.807) is 18.2 Å². The number of aryl methyl sites for hydroxylation is 1. The maximum absolute atomic E-state index is 11.2. The molecule has 0 N–H and O–H groups in total. The summed E-state index contributed by atoms with van der Waals surface area (Å²) in [5, 5.41) is 8.88. The van der Waals surface area contributed by atoms with Gasteiger partial charge in [0.1, 0.15) is 0 Å². The number of Topliss-reactive ketones (excluding diaryl/α,β-unsaturated/α-hetero) is 1. The fraction of sp³-hybridized carbons (Fsp3) is 0.200. The number of hydrogen-bond acceptors (Lipinski definition) is 2. The highest BCUT2D eigenvalue weighted by Gasteiger charge is 2.06. The first-order valence-electron chi connectivity index (χ1n) is 3.81. The van der Waals surface area contributed by atoms with Gasteiger partial charge in [0.15, 0.2) is 5.78 Å². The third-order valence-electron chi connectivity index (χ3n) is 1.73. The lowest BCUT2D eigenvalue weighted by atomic mass is 10.1. The van der Waals surface area contributed by atoms with Crippen molar-refractivity contribution in [2.45, 2.75) is 13.3 Å². The van der Waals surface area contributed by atoms with Crippen LogP contribution in [0.15, 0.2) is 18.2 Å². The van der Waals surface area contributed by atoms with E-state index >= 15 is 0 Å². The maximum atomic E-state index is 11.2. The molecule has 0 aromatic heterocycles. The van der Waals surface area contributed by atoms with Gasteiger partial charge in [-0.05, 0) is 18.6 Å². The summed E-state index contributed by atoms with van der Waals surface area (Å²) in [7, 11) is 0. The highest BCUT2D eigenvalue weighted by atomic mass is 35.5. The monoisotopic (exact) mass is 193 g/mol. The van der Waals surface area contributed by atoms with Crippen LogP contribution in [0.1, 0.15) is 22.3 Å². The average molecular weight is 194 g/mol. The van der Waals surface area contributed by atoms with Crippen LogP contribution in [0.4, 0.5) is 0 Å². The number of rotatable bonds is 2. The van der Waals surface area contributed by atoms with Gasteiger partial charge in [-0.15, -0.1) is 0 Å². The Hall–Kier alpha value is -1.33. The molecule has 0 spiro atoms. The fourth-order valence-electron chi connectivity index (χ4n) is 0.940. The zero-order chi connectivity index (χ0) is 9.84. The molecular weight excluding hydrogens is 186 g/mol. The Labute approximate surface area is 81.7 Å². The highest BCUT2D eigenvalue weighted by molar-refractivity contribution is 6.31. The first-order valence-corrected chi connectivity index (χ1v) is 4.19. The van der Waals surface area contributed by atoms with E-state index in [0.29, 0.717) is 10.6 Å². The van der Waals surface area contributed by atoms with Crippen LogP contribution in [0.25, 0.3) is 0 Å². The smallest absolute Gasteiger partial charge is 0.176 e. The van der Waals surface area contributed by atoms with Crippen LogP contribution in [0, 0.1) is 18.3 Å². The first-order chi connectivity index (χ1) is 6.15. The summed E-state index contributed by atoms with van der Waals surface area (Å²) in [6, 6.07) is 6.85. The lowest BCUT2D eigenvalue weighted by Crippen LogP contribution is -1.97. The van der Waals surface area contributed by atoms with Gasteiger partial charge in [0, 0.05) is 10.6 Å². The molecule has 1 rings (SSSR count). The number of nitrogens with zero attached hydrogens (tertiary/aromatic N) is 1. The van der Waals surface area contributed by atoms with Crippen molar-refractivity contribution in [3.05, 3.63) is 34.3 Å². The molecule has 1 aromatic carbocycles. The van der Waals surface area contributed by atoms with Crippen molar-refractivity contribution in [3.8, 4) is 6.07 Å². The van der Waals surface area contributed by atoms with Gasteiger partial charge in [0.05, 0.1) is 12.5 Å². The zero-order valence-electron chi connectivity index (χ0n) is 7.17. The number of ketones is 1. The third-order valence-corrected chi connectivity index (χ3v) is 2.14. The maximum Gasteiger partial charge on any atom is 0.176 e. The van der Waals surface area contributed by atoms with E-state index in [9.17, 15) is 4.79 Å². The standard InChI is InChI=1S/C10H8ClNO/c1-7-2-3-8(6-9(7)11)10(13)4-5-12/h2-3,6H,4H2,1H3. The normalized spacial score (nSPS) is 9.31. The Bertz CT molecular complexity index is 379. The second kappa shape index (κ2) is 4.06. The molecule has 3 heteroatoms. The summed E-state index contributed by atoms with van der Waals surface area (Å²) < 4.78 is 0. The van der Waals surface area contributed by atoms with Gasteiger partial charge >= 0.3 is 0 Å². The summed E-state index contributed by atoms with van der Waals surface area (Å²) in [4.78, 5) is 11.2. The van der Waals surface area contributed by atoms with Crippen LogP contribution in [-0.4, -0.2) is 5.78 Å². The summed E-state index contributed by atoms with van der Waals surface area (Å²) >= 11 is 5.82. The zero-order valence-corrected chi connectivity index (χ0v) is 7.93. The number of nitriles is 1. The molecule has 1 aromatic rings. The molecule has 0 bridgehead atoms. The van der Waals surface area contributed by atoms with E-state index in [2.05, 4.69) is 0 Å². The molecule has 0 unspecified atom stereocenters. The van der Waals surface area contributed by atoms with Crippen LogP contribution in [0.5, 0.6) is 0 Å². The lowest BCUT2D eigenvalue weighted by molar-refractivity contribution is 0.0997. The van der Waals surface area contributed by atoms with Gasteiger partial charge in [-0.25, -0.2) is 0 Å². The summed E-state index contributed by atoms with van der Waals surface area (Å²) in [5.41, 5.74) is 1.42. The largest absolute Gasteiger partial charge is 0.293 e.